The van der Waals surface area contributed by atoms with E-state index in [1.54, 1.807) is 28.4 Å². The molecule has 0 saturated heterocycles. The van der Waals surface area contributed by atoms with Crippen LogP contribution in [-0.4, -0.2) is 35.0 Å². The Morgan fingerprint density at radius 2 is 1.53 bits per heavy atom. The third-order valence-electron chi connectivity index (χ3n) is 2.56. The Morgan fingerprint density at radius 3 is 1.82 bits per heavy atom. The molecule has 1 aromatic carbocycles. The van der Waals surface area contributed by atoms with Gasteiger partial charge in [-0.1, -0.05) is 0 Å². The third kappa shape index (κ3) is 2.81. The lowest BCUT2D eigenvalue weighted by Crippen LogP contribution is -2.14. The number of ether oxygens (including phenoxy) is 4. The molecule has 0 heterocycles. The van der Waals surface area contributed by atoms with Crippen LogP contribution in [-0.2, 0) is 4.74 Å². The Bertz CT molecular complexity index is 339. The van der Waals surface area contributed by atoms with Crippen LogP contribution in [0, 0.1) is 0 Å². The van der Waals surface area contributed by atoms with Crippen LogP contribution in [0.2, 0.25) is 0 Å². The van der Waals surface area contributed by atoms with Gasteiger partial charge in [-0.2, -0.15) is 0 Å². The molecular formula is C12H19NO4. The minimum Gasteiger partial charge on any atom is -0.493 e. The number of hydrogen-bond acceptors (Lipinski definition) is 5. The average Bonchev–Trinajstić information content (AvgIpc) is 2.38. The fourth-order valence-electron chi connectivity index (χ4n) is 1.66. The molecule has 0 radical (unpaired) electrons. The SMILES string of the molecule is COc1cc(C(CN)OC)cc(OC)c1OC. The maximum atomic E-state index is 5.63. The fourth-order valence-corrected chi connectivity index (χ4v) is 1.66. The molecule has 1 rings (SSSR count). The second-order valence-electron chi connectivity index (χ2n) is 3.42. The van der Waals surface area contributed by atoms with E-state index in [0.717, 1.165) is 5.56 Å². The summed E-state index contributed by atoms with van der Waals surface area (Å²) in [5.41, 5.74) is 6.52. The van der Waals surface area contributed by atoms with Crippen LogP contribution >= 0.6 is 0 Å². The zero-order valence-corrected chi connectivity index (χ0v) is 10.6. The van der Waals surface area contributed by atoms with Crippen LogP contribution in [0.15, 0.2) is 12.1 Å². The molecule has 1 atom stereocenters. The molecule has 0 saturated carbocycles. The highest BCUT2D eigenvalue weighted by Crippen LogP contribution is 2.39. The van der Waals surface area contributed by atoms with E-state index in [2.05, 4.69) is 0 Å². The summed E-state index contributed by atoms with van der Waals surface area (Å²) in [6, 6.07) is 3.67. The average molecular weight is 241 g/mol. The monoisotopic (exact) mass is 241 g/mol. The lowest BCUT2D eigenvalue weighted by atomic mass is 10.1. The van der Waals surface area contributed by atoms with Crippen LogP contribution in [0.1, 0.15) is 11.7 Å². The predicted octanol–water partition coefficient (Wildman–Crippen LogP) is 1.36. The molecule has 5 nitrogen and oxygen atoms in total. The Kier molecular flexibility index (Phi) is 5.06. The molecular weight excluding hydrogens is 222 g/mol. The Morgan fingerprint density at radius 1 is 1.00 bits per heavy atom. The molecule has 0 aliphatic rings. The van der Waals surface area contributed by atoms with E-state index in [0.29, 0.717) is 23.8 Å². The van der Waals surface area contributed by atoms with E-state index in [4.69, 9.17) is 24.7 Å². The van der Waals surface area contributed by atoms with Gasteiger partial charge in [-0.05, 0) is 17.7 Å². The number of nitrogens with two attached hydrogens (primary N) is 1. The predicted molar refractivity (Wildman–Crippen MR) is 64.9 cm³/mol. The first kappa shape index (κ1) is 13.6. The summed E-state index contributed by atoms with van der Waals surface area (Å²) in [6.45, 7) is 0.384. The van der Waals surface area contributed by atoms with Gasteiger partial charge in [0.2, 0.25) is 5.75 Å². The van der Waals surface area contributed by atoms with Gasteiger partial charge in [0, 0.05) is 13.7 Å². The van der Waals surface area contributed by atoms with Gasteiger partial charge in [-0.3, -0.25) is 0 Å². The van der Waals surface area contributed by atoms with Gasteiger partial charge in [0.15, 0.2) is 11.5 Å². The van der Waals surface area contributed by atoms with Crippen LogP contribution < -0.4 is 19.9 Å². The summed E-state index contributed by atoms with van der Waals surface area (Å²) >= 11 is 0. The van der Waals surface area contributed by atoms with E-state index in [9.17, 15) is 0 Å². The summed E-state index contributed by atoms with van der Waals surface area (Å²) in [7, 11) is 6.33. The molecule has 17 heavy (non-hydrogen) atoms. The van der Waals surface area contributed by atoms with Crippen LogP contribution in [0.5, 0.6) is 17.2 Å². The largest absolute Gasteiger partial charge is 0.493 e. The van der Waals surface area contributed by atoms with Crippen LogP contribution in [0.4, 0.5) is 0 Å². The number of methoxy groups -OCH3 is 4. The molecule has 0 amide bonds. The smallest absolute Gasteiger partial charge is 0.203 e. The number of hydrogen-bond donors (Lipinski definition) is 1. The summed E-state index contributed by atoms with van der Waals surface area (Å²) in [4.78, 5) is 0. The van der Waals surface area contributed by atoms with E-state index < -0.39 is 0 Å². The van der Waals surface area contributed by atoms with Crippen molar-refractivity contribution in [1.82, 2.24) is 0 Å². The molecule has 1 unspecified atom stereocenters. The highest BCUT2D eigenvalue weighted by Gasteiger charge is 2.17. The molecule has 5 heteroatoms. The van der Waals surface area contributed by atoms with E-state index in [-0.39, 0.29) is 6.10 Å². The first-order chi connectivity index (χ1) is 8.21. The second-order valence-corrected chi connectivity index (χ2v) is 3.42. The molecule has 0 bridgehead atoms. The molecule has 0 aliphatic heterocycles. The Hall–Kier alpha value is -1.46. The van der Waals surface area contributed by atoms with Crippen molar-refractivity contribution in [2.45, 2.75) is 6.10 Å². The van der Waals surface area contributed by atoms with Gasteiger partial charge < -0.3 is 24.7 Å². The van der Waals surface area contributed by atoms with Crippen molar-refractivity contribution >= 4 is 0 Å². The molecule has 0 spiro atoms. The summed E-state index contributed by atoms with van der Waals surface area (Å²) in [5.74, 6) is 1.75. The van der Waals surface area contributed by atoms with Crippen molar-refractivity contribution < 1.29 is 18.9 Å². The van der Waals surface area contributed by atoms with Gasteiger partial charge in [-0.25, -0.2) is 0 Å². The zero-order chi connectivity index (χ0) is 12.8. The number of rotatable bonds is 6. The first-order valence-electron chi connectivity index (χ1n) is 5.24. The second kappa shape index (κ2) is 6.32. The number of benzene rings is 1. The lowest BCUT2D eigenvalue weighted by molar-refractivity contribution is 0.110. The maximum Gasteiger partial charge on any atom is 0.203 e. The minimum absolute atomic E-state index is 0.191. The first-order valence-corrected chi connectivity index (χ1v) is 5.24. The van der Waals surface area contributed by atoms with Crippen LogP contribution in [0.3, 0.4) is 0 Å². The van der Waals surface area contributed by atoms with Gasteiger partial charge in [0.1, 0.15) is 0 Å². The van der Waals surface area contributed by atoms with Crippen molar-refractivity contribution in [1.29, 1.82) is 0 Å². The standard InChI is InChI=1S/C12H19NO4/c1-14-9-5-8(11(7-13)16-3)6-10(15-2)12(9)17-4/h5-6,11H,7,13H2,1-4H3. The highest BCUT2D eigenvalue weighted by molar-refractivity contribution is 5.54. The van der Waals surface area contributed by atoms with Crippen molar-refractivity contribution in [3.63, 3.8) is 0 Å². The van der Waals surface area contributed by atoms with Crippen molar-refractivity contribution in [2.24, 2.45) is 5.73 Å². The molecule has 96 valence electrons. The lowest BCUT2D eigenvalue weighted by Gasteiger charge is -2.18. The topological polar surface area (TPSA) is 62.9 Å². The van der Waals surface area contributed by atoms with E-state index >= 15 is 0 Å². The quantitative estimate of drug-likeness (QED) is 0.814. The summed E-state index contributed by atoms with van der Waals surface area (Å²) in [6.07, 6.45) is -0.191. The van der Waals surface area contributed by atoms with Crippen molar-refractivity contribution in [2.75, 3.05) is 35.0 Å². The van der Waals surface area contributed by atoms with E-state index in [1.165, 1.54) is 0 Å². The van der Waals surface area contributed by atoms with Gasteiger partial charge in [0.25, 0.3) is 0 Å². The van der Waals surface area contributed by atoms with E-state index in [1.807, 2.05) is 12.1 Å². The zero-order valence-electron chi connectivity index (χ0n) is 10.6. The summed E-state index contributed by atoms with van der Waals surface area (Å²) < 4.78 is 21.0. The van der Waals surface area contributed by atoms with Crippen LogP contribution in [0.25, 0.3) is 0 Å². The summed E-state index contributed by atoms with van der Waals surface area (Å²) in [5, 5.41) is 0. The fraction of sp³-hybridized carbons (Fsp3) is 0.500. The molecule has 2 N–H and O–H groups in total. The Labute approximate surface area is 101 Å². The third-order valence-corrected chi connectivity index (χ3v) is 2.56. The maximum absolute atomic E-state index is 5.63. The molecule has 0 aliphatic carbocycles. The normalized spacial score (nSPS) is 12.1. The van der Waals surface area contributed by atoms with Crippen molar-refractivity contribution in [3.8, 4) is 17.2 Å². The van der Waals surface area contributed by atoms with Crippen molar-refractivity contribution in [3.05, 3.63) is 17.7 Å². The molecule has 0 fully saturated rings. The molecule has 0 aromatic heterocycles. The Balaban J connectivity index is 3.26. The van der Waals surface area contributed by atoms with Gasteiger partial charge in [-0.15, -0.1) is 0 Å². The highest BCUT2D eigenvalue weighted by atomic mass is 16.5. The minimum atomic E-state index is -0.191. The van der Waals surface area contributed by atoms with Gasteiger partial charge >= 0.3 is 0 Å². The van der Waals surface area contributed by atoms with Gasteiger partial charge in [0.05, 0.1) is 27.4 Å². The molecule has 1 aromatic rings.